The number of hydrogen-bond donors (Lipinski definition) is 1. The van der Waals surface area contributed by atoms with Gasteiger partial charge in [-0.15, -0.1) is 0 Å². The van der Waals surface area contributed by atoms with Gasteiger partial charge in [0.1, 0.15) is 17.2 Å². The molecule has 0 spiro atoms. The molecule has 0 aliphatic carbocycles. The first-order valence-corrected chi connectivity index (χ1v) is 10.8. The SMILES string of the molecule is COc1ccc(N2C(=O)C(Nc3cccc4ccccc34)=C(c3ccccc3OC)C2=O)cc1. The number of fused-ring (bicyclic) bond motifs is 1. The molecule has 4 aromatic rings. The van der Waals surface area contributed by atoms with Crippen LogP contribution in [0.2, 0.25) is 0 Å². The number of nitrogens with one attached hydrogen (secondary N) is 1. The molecule has 0 aromatic heterocycles. The molecule has 0 atom stereocenters. The Morgan fingerprint density at radius 1 is 0.706 bits per heavy atom. The van der Waals surface area contributed by atoms with Crippen LogP contribution in [0.15, 0.2) is 96.7 Å². The third kappa shape index (κ3) is 3.55. The number of benzene rings is 4. The van der Waals surface area contributed by atoms with E-state index in [-0.39, 0.29) is 11.3 Å². The number of anilines is 2. The van der Waals surface area contributed by atoms with E-state index in [9.17, 15) is 9.59 Å². The molecular formula is C28H22N2O4. The molecule has 1 heterocycles. The van der Waals surface area contributed by atoms with Gasteiger partial charge in [0.15, 0.2) is 0 Å². The summed E-state index contributed by atoms with van der Waals surface area (Å²) in [6.45, 7) is 0. The Morgan fingerprint density at radius 3 is 2.18 bits per heavy atom. The van der Waals surface area contributed by atoms with Crippen LogP contribution >= 0.6 is 0 Å². The molecule has 5 rings (SSSR count). The maximum atomic E-state index is 13.7. The van der Waals surface area contributed by atoms with Crippen molar-refractivity contribution in [2.45, 2.75) is 0 Å². The Morgan fingerprint density at radius 2 is 1.41 bits per heavy atom. The fourth-order valence-corrected chi connectivity index (χ4v) is 4.18. The minimum absolute atomic E-state index is 0.196. The van der Waals surface area contributed by atoms with Crippen molar-refractivity contribution in [1.82, 2.24) is 0 Å². The fourth-order valence-electron chi connectivity index (χ4n) is 4.18. The van der Waals surface area contributed by atoms with E-state index in [1.807, 2.05) is 54.6 Å². The summed E-state index contributed by atoms with van der Waals surface area (Å²) < 4.78 is 10.7. The summed E-state index contributed by atoms with van der Waals surface area (Å²) in [5.41, 5.74) is 2.19. The molecule has 1 aliphatic rings. The molecule has 0 unspecified atom stereocenters. The van der Waals surface area contributed by atoms with Crippen LogP contribution in [-0.2, 0) is 9.59 Å². The number of carbonyl (C=O) groups excluding carboxylic acids is 2. The van der Waals surface area contributed by atoms with Crippen LogP contribution in [0.25, 0.3) is 16.3 Å². The van der Waals surface area contributed by atoms with E-state index >= 15 is 0 Å². The quantitative estimate of drug-likeness (QED) is 0.406. The van der Waals surface area contributed by atoms with Crippen molar-refractivity contribution in [1.29, 1.82) is 0 Å². The molecule has 0 radical (unpaired) electrons. The fraction of sp³-hybridized carbons (Fsp3) is 0.0714. The standard InChI is InChI=1S/C28H22N2O4/c1-33-20-16-14-19(15-17-20)30-27(31)25(22-11-5-6-13-24(22)34-2)26(28(30)32)29-23-12-7-9-18-8-3-4-10-21(18)23/h3-17,29H,1-2H3. The van der Waals surface area contributed by atoms with Crippen LogP contribution in [0.4, 0.5) is 11.4 Å². The summed E-state index contributed by atoms with van der Waals surface area (Å²) in [5, 5.41) is 5.24. The summed E-state index contributed by atoms with van der Waals surface area (Å²) in [6.07, 6.45) is 0. The highest BCUT2D eigenvalue weighted by Gasteiger charge is 2.41. The van der Waals surface area contributed by atoms with Gasteiger partial charge in [-0.25, -0.2) is 4.90 Å². The number of nitrogens with zero attached hydrogens (tertiary/aromatic N) is 1. The second kappa shape index (κ2) is 8.75. The number of imide groups is 1. The van der Waals surface area contributed by atoms with Crippen molar-refractivity contribution in [2.75, 3.05) is 24.4 Å². The van der Waals surface area contributed by atoms with Gasteiger partial charge in [0.05, 0.1) is 25.5 Å². The van der Waals surface area contributed by atoms with Gasteiger partial charge in [-0.2, -0.15) is 0 Å². The van der Waals surface area contributed by atoms with E-state index in [0.717, 1.165) is 16.5 Å². The summed E-state index contributed by atoms with van der Waals surface area (Å²) in [4.78, 5) is 28.6. The first kappa shape index (κ1) is 21.3. The molecule has 168 valence electrons. The van der Waals surface area contributed by atoms with Gasteiger partial charge in [-0.05, 0) is 41.8 Å². The average molecular weight is 450 g/mol. The first-order valence-electron chi connectivity index (χ1n) is 10.8. The number of carbonyl (C=O) groups is 2. The molecule has 6 nitrogen and oxygen atoms in total. The summed E-state index contributed by atoms with van der Waals surface area (Å²) in [5.74, 6) is 0.272. The van der Waals surface area contributed by atoms with Gasteiger partial charge in [0.25, 0.3) is 11.8 Å². The second-order valence-corrected chi connectivity index (χ2v) is 7.75. The van der Waals surface area contributed by atoms with Crippen molar-refractivity contribution >= 4 is 39.5 Å². The summed E-state index contributed by atoms with van der Waals surface area (Å²) in [7, 11) is 3.11. The topological polar surface area (TPSA) is 67.9 Å². The number of hydrogen-bond acceptors (Lipinski definition) is 5. The third-order valence-electron chi connectivity index (χ3n) is 5.84. The molecule has 34 heavy (non-hydrogen) atoms. The Hall–Kier alpha value is -4.58. The smallest absolute Gasteiger partial charge is 0.282 e. The Kier molecular flexibility index (Phi) is 5.47. The van der Waals surface area contributed by atoms with Gasteiger partial charge in [-0.3, -0.25) is 9.59 Å². The maximum Gasteiger partial charge on any atom is 0.282 e. The molecule has 0 fully saturated rings. The van der Waals surface area contributed by atoms with Gasteiger partial charge >= 0.3 is 0 Å². The average Bonchev–Trinajstić information content (AvgIpc) is 3.13. The zero-order chi connectivity index (χ0) is 23.7. The van der Waals surface area contributed by atoms with Crippen molar-refractivity contribution in [3.63, 3.8) is 0 Å². The molecule has 0 saturated carbocycles. The minimum Gasteiger partial charge on any atom is -0.497 e. The largest absolute Gasteiger partial charge is 0.497 e. The van der Waals surface area contributed by atoms with Crippen molar-refractivity contribution in [3.05, 3.63) is 102 Å². The lowest BCUT2D eigenvalue weighted by atomic mass is 10.0. The molecule has 1 N–H and O–H groups in total. The van der Waals surface area contributed by atoms with Crippen LogP contribution in [0.5, 0.6) is 11.5 Å². The van der Waals surface area contributed by atoms with E-state index in [4.69, 9.17) is 9.47 Å². The van der Waals surface area contributed by atoms with Crippen LogP contribution in [0.1, 0.15) is 5.56 Å². The molecule has 1 aliphatic heterocycles. The van der Waals surface area contributed by atoms with Crippen molar-refractivity contribution in [3.8, 4) is 11.5 Å². The summed E-state index contributed by atoms with van der Waals surface area (Å²) >= 11 is 0. The number of para-hydroxylation sites is 1. The number of ether oxygens (including phenoxy) is 2. The predicted octanol–water partition coefficient (Wildman–Crippen LogP) is 5.25. The van der Waals surface area contributed by atoms with E-state index in [1.165, 1.54) is 4.90 Å². The maximum absolute atomic E-state index is 13.7. The van der Waals surface area contributed by atoms with Crippen LogP contribution < -0.4 is 19.7 Å². The van der Waals surface area contributed by atoms with Crippen LogP contribution in [0.3, 0.4) is 0 Å². The number of methoxy groups -OCH3 is 2. The number of rotatable bonds is 6. The van der Waals surface area contributed by atoms with E-state index < -0.39 is 11.8 Å². The highest BCUT2D eigenvalue weighted by atomic mass is 16.5. The van der Waals surface area contributed by atoms with Crippen molar-refractivity contribution < 1.29 is 19.1 Å². The molecule has 0 bridgehead atoms. The molecular weight excluding hydrogens is 428 g/mol. The lowest BCUT2D eigenvalue weighted by Gasteiger charge is -2.16. The van der Waals surface area contributed by atoms with E-state index in [2.05, 4.69) is 5.32 Å². The van der Waals surface area contributed by atoms with Gasteiger partial charge in [-0.1, -0.05) is 54.6 Å². The zero-order valence-corrected chi connectivity index (χ0v) is 18.7. The van der Waals surface area contributed by atoms with Crippen LogP contribution in [0, 0.1) is 0 Å². The zero-order valence-electron chi connectivity index (χ0n) is 18.7. The first-order chi connectivity index (χ1) is 16.6. The third-order valence-corrected chi connectivity index (χ3v) is 5.84. The normalized spacial score (nSPS) is 13.5. The Bertz CT molecular complexity index is 1440. The highest BCUT2D eigenvalue weighted by Crippen LogP contribution is 2.38. The van der Waals surface area contributed by atoms with Gasteiger partial charge in [0, 0.05) is 16.6 Å². The molecule has 4 aromatic carbocycles. The molecule has 2 amide bonds. The van der Waals surface area contributed by atoms with E-state index in [0.29, 0.717) is 22.7 Å². The molecule has 6 heteroatoms. The van der Waals surface area contributed by atoms with Gasteiger partial charge in [0.2, 0.25) is 0 Å². The monoisotopic (exact) mass is 450 g/mol. The molecule has 0 saturated heterocycles. The van der Waals surface area contributed by atoms with Gasteiger partial charge < -0.3 is 14.8 Å². The Labute approximate surface area is 197 Å². The van der Waals surface area contributed by atoms with E-state index in [1.54, 1.807) is 50.6 Å². The van der Waals surface area contributed by atoms with Crippen LogP contribution in [-0.4, -0.2) is 26.0 Å². The lowest BCUT2D eigenvalue weighted by Crippen LogP contribution is -2.32. The Balaban J connectivity index is 1.67. The highest BCUT2D eigenvalue weighted by molar-refractivity contribution is 6.46. The second-order valence-electron chi connectivity index (χ2n) is 7.75. The lowest BCUT2D eigenvalue weighted by molar-refractivity contribution is -0.120. The summed E-state index contributed by atoms with van der Waals surface area (Å²) in [6, 6.07) is 27.7. The minimum atomic E-state index is -0.441. The number of amides is 2. The predicted molar refractivity (Wildman–Crippen MR) is 133 cm³/mol. The van der Waals surface area contributed by atoms with Crippen molar-refractivity contribution in [2.24, 2.45) is 0 Å².